The van der Waals surface area contributed by atoms with Gasteiger partial charge in [0.25, 0.3) is 0 Å². The van der Waals surface area contributed by atoms with Crippen molar-refractivity contribution in [3.8, 4) is 0 Å². The molecular formula is C24H25N3O2. The average molecular weight is 387 g/mol. The minimum Gasteiger partial charge on any atom is -0.465 e. The summed E-state index contributed by atoms with van der Waals surface area (Å²) in [5, 5.41) is 0. The Bertz CT molecular complexity index is 1070. The van der Waals surface area contributed by atoms with Crippen LogP contribution in [0.15, 0.2) is 70.6 Å². The highest BCUT2D eigenvalue weighted by molar-refractivity contribution is 6.03. The number of methoxy groups -OCH3 is 1. The van der Waals surface area contributed by atoms with Gasteiger partial charge in [-0.25, -0.2) is 4.79 Å². The number of hydrogen-bond donors (Lipinski definition) is 0. The van der Waals surface area contributed by atoms with Gasteiger partial charge in [0, 0.05) is 7.05 Å². The predicted octanol–water partition coefficient (Wildman–Crippen LogP) is 5.40. The van der Waals surface area contributed by atoms with Crippen LogP contribution < -0.4 is 0 Å². The molecule has 1 aromatic heterocycles. The number of hydrogen-bond acceptors (Lipinski definition) is 4. The molecule has 0 N–H and O–H groups in total. The van der Waals surface area contributed by atoms with Gasteiger partial charge in [-0.15, -0.1) is 0 Å². The molecule has 5 heteroatoms. The van der Waals surface area contributed by atoms with Gasteiger partial charge in [0.2, 0.25) is 0 Å². The van der Waals surface area contributed by atoms with Crippen molar-refractivity contribution in [1.82, 2.24) is 4.57 Å². The Labute approximate surface area is 171 Å². The maximum atomic E-state index is 11.6. The summed E-state index contributed by atoms with van der Waals surface area (Å²) in [7, 11) is 3.38. The van der Waals surface area contributed by atoms with Gasteiger partial charge in [-0.3, -0.25) is 9.98 Å². The average Bonchev–Trinajstić information content (AvgIpc) is 3.11. The molecule has 2 aromatic carbocycles. The molecular weight excluding hydrogens is 362 g/mol. The van der Waals surface area contributed by atoms with Gasteiger partial charge in [-0.2, -0.15) is 0 Å². The van der Waals surface area contributed by atoms with Crippen molar-refractivity contribution in [2.75, 3.05) is 7.11 Å². The molecule has 3 aromatic rings. The maximum Gasteiger partial charge on any atom is 0.337 e. The Morgan fingerprint density at radius 2 is 1.24 bits per heavy atom. The van der Waals surface area contributed by atoms with Crippen LogP contribution in [-0.4, -0.2) is 29.1 Å². The van der Waals surface area contributed by atoms with Crippen molar-refractivity contribution in [2.45, 2.75) is 20.8 Å². The molecule has 0 fully saturated rings. The Kier molecular flexibility index (Phi) is 6.07. The van der Waals surface area contributed by atoms with E-state index in [1.807, 2.05) is 51.2 Å². The van der Waals surface area contributed by atoms with Crippen LogP contribution in [0.25, 0.3) is 0 Å². The third-order valence-corrected chi connectivity index (χ3v) is 4.78. The number of aromatic nitrogens is 1. The van der Waals surface area contributed by atoms with Crippen LogP contribution in [0.3, 0.4) is 0 Å². The molecule has 0 bridgehead atoms. The lowest BCUT2D eigenvalue weighted by molar-refractivity contribution is 0.0601. The van der Waals surface area contributed by atoms with Gasteiger partial charge in [0.05, 0.1) is 46.9 Å². The Morgan fingerprint density at radius 1 is 0.793 bits per heavy atom. The quantitative estimate of drug-likeness (QED) is 0.435. The van der Waals surface area contributed by atoms with E-state index in [-0.39, 0.29) is 5.97 Å². The number of aryl methyl sites for hydroxylation is 1. The second kappa shape index (κ2) is 8.69. The number of esters is 1. The van der Waals surface area contributed by atoms with Crippen molar-refractivity contribution < 1.29 is 9.53 Å². The molecule has 0 saturated heterocycles. The fraction of sp³-hybridized carbons (Fsp3) is 0.208. The Balaban J connectivity index is 1.85. The summed E-state index contributed by atoms with van der Waals surface area (Å²) in [5.41, 5.74) is 7.31. The SMILES string of the molecule is COC(=O)c1ccc(N=C(C)c2ccc(C(C)=Nc3ccc(C)cc3)n2C)cc1. The number of aliphatic imine (C=N–C) groups is 2. The van der Waals surface area contributed by atoms with Gasteiger partial charge in [0.1, 0.15) is 0 Å². The lowest BCUT2D eigenvalue weighted by Crippen LogP contribution is -2.09. The van der Waals surface area contributed by atoms with Crippen LogP contribution in [0.2, 0.25) is 0 Å². The molecule has 0 aliphatic rings. The van der Waals surface area contributed by atoms with E-state index < -0.39 is 0 Å². The van der Waals surface area contributed by atoms with Crippen molar-refractivity contribution >= 4 is 28.8 Å². The lowest BCUT2D eigenvalue weighted by atomic mass is 10.2. The first kappa shape index (κ1) is 20.3. The number of carbonyl (C=O) groups is 1. The fourth-order valence-corrected chi connectivity index (χ4v) is 3.15. The summed E-state index contributed by atoms with van der Waals surface area (Å²) in [6.45, 7) is 6.05. The first-order chi connectivity index (χ1) is 13.9. The summed E-state index contributed by atoms with van der Waals surface area (Å²) >= 11 is 0. The summed E-state index contributed by atoms with van der Waals surface area (Å²) in [6.07, 6.45) is 0. The third kappa shape index (κ3) is 4.69. The van der Waals surface area contributed by atoms with E-state index in [1.54, 1.807) is 12.1 Å². The summed E-state index contributed by atoms with van der Waals surface area (Å²) in [6, 6.07) is 19.3. The highest BCUT2D eigenvalue weighted by Gasteiger charge is 2.10. The molecule has 0 aliphatic carbocycles. The standard InChI is InChI=1S/C24H25N3O2/c1-16-6-10-20(11-7-16)25-17(2)22-14-15-23(27(22)4)18(3)26-21-12-8-19(9-13-21)24(28)29-5/h6-15H,1-5H3. The van der Waals surface area contributed by atoms with Crippen molar-refractivity contribution in [3.05, 3.63) is 83.2 Å². The van der Waals surface area contributed by atoms with Crippen LogP contribution in [-0.2, 0) is 11.8 Å². The van der Waals surface area contributed by atoms with Crippen LogP contribution in [0.1, 0.15) is 41.2 Å². The first-order valence-corrected chi connectivity index (χ1v) is 9.41. The normalized spacial score (nSPS) is 12.2. The highest BCUT2D eigenvalue weighted by Crippen LogP contribution is 2.19. The molecule has 0 spiro atoms. The zero-order chi connectivity index (χ0) is 21.0. The highest BCUT2D eigenvalue weighted by atomic mass is 16.5. The van der Waals surface area contributed by atoms with E-state index in [9.17, 15) is 4.79 Å². The van der Waals surface area contributed by atoms with Crippen molar-refractivity contribution in [1.29, 1.82) is 0 Å². The zero-order valence-corrected chi connectivity index (χ0v) is 17.4. The van der Waals surface area contributed by atoms with Crippen LogP contribution in [0, 0.1) is 6.92 Å². The molecule has 0 amide bonds. The maximum absolute atomic E-state index is 11.6. The number of nitrogens with zero attached hydrogens (tertiary/aromatic N) is 3. The van der Waals surface area contributed by atoms with E-state index in [0.717, 1.165) is 34.2 Å². The summed E-state index contributed by atoms with van der Waals surface area (Å²) < 4.78 is 6.82. The molecule has 29 heavy (non-hydrogen) atoms. The second-order valence-electron chi connectivity index (χ2n) is 6.93. The molecule has 5 nitrogen and oxygen atoms in total. The monoisotopic (exact) mass is 387 g/mol. The summed E-state index contributed by atoms with van der Waals surface area (Å²) in [5.74, 6) is -0.354. The fourth-order valence-electron chi connectivity index (χ4n) is 3.15. The van der Waals surface area contributed by atoms with E-state index in [4.69, 9.17) is 9.73 Å². The molecule has 0 aliphatic heterocycles. The minimum absolute atomic E-state index is 0.354. The lowest BCUT2D eigenvalue weighted by Gasteiger charge is -2.08. The van der Waals surface area contributed by atoms with Gasteiger partial charge >= 0.3 is 5.97 Å². The van der Waals surface area contributed by atoms with Gasteiger partial charge in [-0.1, -0.05) is 17.7 Å². The minimum atomic E-state index is -0.354. The van der Waals surface area contributed by atoms with Crippen LogP contribution in [0.5, 0.6) is 0 Å². The molecule has 0 radical (unpaired) electrons. The Morgan fingerprint density at radius 3 is 1.69 bits per heavy atom. The number of rotatable bonds is 5. The predicted molar refractivity (Wildman–Crippen MR) is 118 cm³/mol. The number of ether oxygens (including phenoxy) is 1. The first-order valence-electron chi connectivity index (χ1n) is 9.41. The summed E-state index contributed by atoms with van der Waals surface area (Å²) in [4.78, 5) is 21.0. The second-order valence-corrected chi connectivity index (χ2v) is 6.93. The van der Waals surface area contributed by atoms with Crippen LogP contribution in [0.4, 0.5) is 11.4 Å². The van der Waals surface area contributed by atoms with E-state index >= 15 is 0 Å². The van der Waals surface area contributed by atoms with E-state index in [2.05, 4.69) is 34.7 Å². The molecule has 1 heterocycles. The third-order valence-electron chi connectivity index (χ3n) is 4.78. The number of benzene rings is 2. The topological polar surface area (TPSA) is 55.9 Å². The zero-order valence-electron chi connectivity index (χ0n) is 17.4. The number of carbonyl (C=O) groups excluding carboxylic acids is 1. The molecule has 0 saturated carbocycles. The molecule has 148 valence electrons. The largest absolute Gasteiger partial charge is 0.465 e. The van der Waals surface area contributed by atoms with Gasteiger partial charge < -0.3 is 9.30 Å². The molecule has 0 atom stereocenters. The van der Waals surface area contributed by atoms with Gasteiger partial charge in [0.15, 0.2) is 0 Å². The van der Waals surface area contributed by atoms with E-state index in [0.29, 0.717) is 5.56 Å². The molecule has 0 unspecified atom stereocenters. The van der Waals surface area contributed by atoms with E-state index in [1.165, 1.54) is 12.7 Å². The van der Waals surface area contributed by atoms with Crippen molar-refractivity contribution in [3.63, 3.8) is 0 Å². The molecule has 3 rings (SSSR count). The van der Waals surface area contributed by atoms with Gasteiger partial charge in [-0.05, 0) is 69.3 Å². The van der Waals surface area contributed by atoms with Crippen LogP contribution >= 0.6 is 0 Å². The Hall–Kier alpha value is -3.47. The smallest absolute Gasteiger partial charge is 0.337 e. The van der Waals surface area contributed by atoms with Crippen molar-refractivity contribution in [2.24, 2.45) is 17.0 Å².